The van der Waals surface area contributed by atoms with Gasteiger partial charge in [0, 0.05) is 24.0 Å². The number of nitrogens with two attached hydrogens (primary N) is 1. The molecule has 0 saturated heterocycles. The van der Waals surface area contributed by atoms with E-state index in [4.69, 9.17) is 5.73 Å². The topological polar surface area (TPSA) is 69.6 Å². The number of rotatable bonds is 3. The van der Waals surface area contributed by atoms with Gasteiger partial charge in [0.1, 0.15) is 0 Å². The molecule has 2 heterocycles. The van der Waals surface area contributed by atoms with Gasteiger partial charge in [0.15, 0.2) is 0 Å². The summed E-state index contributed by atoms with van der Waals surface area (Å²) in [6, 6.07) is 1.86. The Morgan fingerprint density at radius 1 is 1.35 bits per heavy atom. The molecular weight excluding hydrogens is 214 g/mol. The van der Waals surface area contributed by atoms with Gasteiger partial charge in [0.05, 0.1) is 11.4 Å². The van der Waals surface area contributed by atoms with Gasteiger partial charge in [-0.25, -0.2) is 9.97 Å². The maximum atomic E-state index is 5.61. The van der Waals surface area contributed by atoms with Crippen molar-refractivity contribution in [3.8, 4) is 11.3 Å². The number of aromatic nitrogens is 4. The molecule has 0 aliphatic heterocycles. The molecule has 0 atom stereocenters. The van der Waals surface area contributed by atoms with Gasteiger partial charge in [-0.1, -0.05) is 6.92 Å². The van der Waals surface area contributed by atoms with Crippen LogP contribution in [-0.2, 0) is 6.54 Å². The third kappa shape index (κ3) is 2.13. The van der Waals surface area contributed by atoms with Crippen molar-refractivity contribution in [3.05, 3.63) is 23.7 Å². The van der Waals surface area contributed by atoms with Crippen molar-refractivity contribution >= 4 is 5.95 Å². The second-order valence-electron chi connectivity index (χ2n) is 4.07. The Morgan fingerprint density at radius 3 is 2.76 bits per heavy atom. The summed E-state index contributed by atoms with van der Waals surface area (Å²) in [6.07, 6.45) is 2.74. The van der Waals surface area contributed by atoms with Crippen LogP contribution in [0, 0.1) is 13.8 Å². The molecule has 0 saturated carbocycles. The van der Waals surface area contributed by atoms with Crippen molar-refractivity contribution in [1.29, 1.82) is 0 Å². The van der Waals surface area contributed by atoms with E-state index in [1.165, 1.54) is 0 Å². The maximum Gasteiger partial charge on any atom is 0.220 e. The summed E-state index contributed by atoms with van der Waals surface area (Å²) in [5.41, 5.74) is 9.63. The van der Waals surface area contributed by atoms with Crippen molar-refractivity contribution in [2.45, 2.75) is 33.7 Å². The van der Waals surface area contributed by atoms with Crippen LogP contribution in [0.25, 0.3) is 11.3 Å². The van der Waals surface area contributed by atoms with Crippen LogP contribution in [-0.4, -0.2) is 19.7 Å². The Morgan fingerprint density at radius 2 is 2.12 bits per heavy atom. The summed E-state index contributed by atoms with van der Waals surface area (Å²) < 4.78 is 2.02. The largest absolute Gasteiger partial charge is 0.368 e. The highest BCUT2D eigenvalue weighted by atomic mass is 15.3. The minimum absolute atomic E-state index is 0.296. The van der Waals surface area contributed by atoms with Crippen molar-refractivity contribution < 1.29 is 0 Å². The Hall–Kier alpha value is -1.91. The van der Waals surface area contributed by atoms with E-state index in [9.17, 15) is 0 Å². The summed E-state index contributed by atoms with van der Waals surface area (Å²) in [6.45, 7) is 7.11. The first-order chi connectivity index (χ1) is 8.13. The van der Waals surface area contributed by atoms with E-state index in [0.29, 0.717) is 5.95 Å². The minimum Gasteiger partial charge on any atom is -0.368 e. The van der Waals surface area contributed by atoms with Gasteiger partial charge in [-0.05, 0) is 26.3 Å². The molecule has 5 nitrogen and oxygen atoms in total. The Kier molecular flexibility index (Phi) is 3.08. The van der Waals surface area contributed by atoms with Crippen LogP contribution < -0.4 is 5.73 Å². The third-order valence-electron chi connectivity index (χ3n) is 2.75. The number of hydrogen-bond acceptors (Lipinski definition) is 4. The second-order valence-corrected chi connectivity index (χ2v) is 4.07. The van der Waals surface area contributed by atoms with Gasteiger partial charge in [0.25, 0.3) is 0 Å². The predicted octanol–water partition coefficient (Wildman–Crippen LogP) is 1.95. The smallest absolute Gasteiger partial charge is 0.220 e. The molecule has 0 spiro atoms. The first-order valence-corrected chi connectivity index (χ1v) is 5.76. The van der Waals surface area contributed by atoms with Gasteiger partial charge >= 0.3 is 0 Å². The molecule has 0 aromatic carbocycles. The third-order valence-corrected chi connectivity index (χ3v) is 2.75. The van der Waals surface area contributed by atoms with E-state index in [0.717, 1.165) is 35.6 Å². The second kappa shape index (κ2) is 4.53. The molecule has 0 bridgehead atoms. The van der Waals surface area contributed by atoms with E-state index in [-0.39, 0.29) is 0 Å². The monoisotopic (exact) mass is 231 g/mol. The number of nitrogens with zero attached hydrogens (tertiary/aromatic N) is 4. The van der Waals surface area contributed by atoms with E-state index in [1.54, 1.807) is 6.20 Å². The van der Waals surface area contributed by atoms with Gasteiger partial charge in [-0.3, -0.25) is 4.68 Å². The molecule has 5 heteroatoms. The van der Waals surface area contributed by atoms with E-state index < -0.39 is 0 Å². The van der Waals surface area contributed by atoms with Crippen molar-refractivity contribution in [2.24, 2.45) is 0 Å². The average molecular weight is 231 g/mol. The molecule has 0 fully saturated rings. The summed E-state index contributed by atoms with van der Waals surface area (Å²) in [5, 5.41) is 4.52. The minimum atomic E-state index is 0.296. The fourth-order valence-electron chi connectivity index (χ4n) is 2.01. The molecule has 0 unspecified atom stereocenters. The molecule has 0 aliphatic carbocycles. The first-order valence-electron chi connectivity index (χ1n) is 5.76. The van der Waals surface area contributed by atoms with Crippen LogP contribution in [0.4, 0.5) is 5.95 Å². The summed E-state index contributed by atoms with van der Waals surface area (Å²) in [5.74, 6) is 0.296. The average Bonchev–Trinajstić information content (AvgIpc) is 2.55. The van der Waals surface area contributed by atoms with Crippen LogP contribution in [0.1, 0.15) is 24.7 Å². The normalized spacial score (nSPS) is 10.8. The SMILES string of the molecule is CCCn1nc(C)c(-c2ccnc(N)n2)c1C. The molecule has 2 aromatic rings. The number of anilines is 1. The summed E-state index contributed by atoms with van der Waals surface area (Å²) in [7, 11) is 0. The van der Waals surface area contributed by atoms with E-state index in [2.05, 4.69) is 28.9 Å². The van der Waals surface area contributed by atoms with Crippen LogP contribution in [0.3, 0.4) is 0 Å². The van der Waals surface area contributed by atoms with Crippen LogP contribution in [0.15, 0.2) is 12.3 Å². The van der Waals surface area contributed by atoms with Crippen LogP contribution >= 0.6 is 0 Å². The lowest BCUT2D eigenvalue weighted by molar-refractivity contribution is 0.583. The Balaban J connectivity index is 2.52. The molecule has 0 aliphatic rings. The quantitative estimate of drug-likeness (QED) is 0.876. The van der Waals surface area contributed by atoms with Gasteiger partial charge < -0.3 is 5.73 Å². The molecule has 17 heavy (non-hydrogen) atoms. The lowest BCUT2D eigenvalue weighted by Gasteiger charge is -2.03. The fourth-order valence-corrected chi connectivity index (χ4v) is 2.01. The zero-order valence-electron chi connectivity index (χ0n) is 10.4. The molecule has 0 amide bonds. The zero-order chi connectivity index (χ0) is 12.4. The van der Waals surface area contributed by atoms with E-state index >= 15 is 0 Å². The van der Waals surface area contributed by atoms with Crippen LogP contribution in [0.2, 0.25) is 0 Å². The van der Waals surface area contributed by atoms with E-state index in [1.807, 2.05) is 17.7 Å². The number of hydrogen-bond donors (Lipinski definition) is 1. The van der Waals surface area contributed by atoms with Crippen LogP contribution in [0.5, 0.6) is 0 Å². The summed E-state index contributed by atoms with van der Waals surface area (Å²) >= 11 is 0. The zero-order valence-corrected chi connectivity index (χ0v) is 10.4. The predicted molar refractivity (Wildman–Crippen MR) is 67.4 cm³/mol. The number of nitrogen functional groups attached to an aromatic ring is 1. The molecule has 0 radical (unpaired) electrons. The summed E-state index contributed by atoms with van der Waals surface area (Å²) in [4.78, 5) is 8.16. The molecule has 2 aromatic heterocycles. The maximum absolute atomic E-state index is 5.61. The lowest BCUT2D eigenvalue weighted by atomic mass is 10.1. The molecule has 2 N–H and O–H groups in total. The van der Waals surface area contributed by atoms with Crippen molar-refractivity contribution in [3.63, 3.8) is 0 Å². The van der Waals surface area contributed by atoms with Crippen molar-refractivity contribution in [2.75, 3.05) is 5.73 Å². The highest BCUT2D eigenvalue weighted by Crippen LogP contribution is 2.25. The molecular formula is C12H17N5. The van der Waals surface area contributed by atoms with Gasteiger partial charge in [0.2, 0.25) is 5.95 Å². The highest BCUT2D eigenvalue weighted by molar-refractivity contribution is 5.65. The fraction of sp³-hybridized carbons (Fsp3) is 0.417. The number of aryl methyl sites for hydroxylation is 2. The van der Waals surface area contributed by atoms with Crippen molar-refractivity contribution in [1.82, 2.24) is 19.7 Å². The van der Waals surface area contributed by atoms with Gasteiger partial charge in [-0.2, -0.15) is 5.10 Å². The molecule has 2 rings (SSSR count). The first kappa shape index (κ1) is 11.6. The highest BCUT2D eigenvalue weighted by Gasteiger charge is 2.14. The Bertz CT molecular complexity index is 530. The lowest BCUT2D eigenvalue weighted by Crippen LogP contribution is -2.01. The van der Waals surface area contributed by atoms with Gasteiger partial charge in [-0.15, -0.1) is 0 Å². The molecule has 90 valence electrons. The Labute approximate surface area is 101 Å². The standard InChI is InChI=1S/C12H17N5/c1-4-7-17-9(3)11(8(2)16-17)10-5-6-14-12(13)15-10/h5-6H,4,7H2,1-3H3,(H2,13,14,15).